The van der Waals surface area contributed by atoms with Gasteiger partial charge in [-0.2, -0.15) is 5.10 Å². The van der Waals surface area contributed by atoms with E-state index in [4.69, 9.17) is 32.4 Å². The van der Waals surface area contributed by atoms with Crippen LogP contribution in [0.3, 0.4) is 0 Å². The number of aryl methyl sites for hydroxylation is 1. The fourth-order valence-electron chi connectivity index (χ4n) is 3.55. The molecule has 0 atom stereocenters. The Hall–Kier alpha value is -4.62. The van der Waals surface area contributed by atoms with Crippen molar-refractivity contribution in [2.24, 2.45) is 0 Å². The average molecular weight is 520 g/mol. The van der Waals surface area contributed by atoms with E-state index in [0.717, 1.165) is 5.56 Å². The number of aromatic nitrogens is 4. The molecule has 0 saturated carbocycles. The third kappa shape index (κ3) is 5.79. The number of hydrogen-bond donors (Lipinski definition) is 0. The van der Waals surface area contributed by atoms with Crippen molar-refractivity contribution in [1.29, 1.82) is 0 Å². The third-order valence-electron chi connectivity index (χ3n) is 5.42. The summed E-state index contributed by atoms with van der Waals surface area (Å²) < 4.78 is 18.8. The smallest absolute Gasteiger partial charge is 0.309 e. The van der Waals surface area contributed by atoms with Gasteiger partial charge in [-0.25, -0.2) is 14.5 Å². The van der Waals surface area contributed by atoms with Crippen LogP contribution in [0, 0.1) is 13.5 Å². The van der Waals surface area contributed by atoms with Crippen molar-refractivity contribution < 1.29 is 14.2 Å². The van der Waals surface area contributed by atoms with Gasteiger partial charge in [0, 0.05) is 11.1 Å². The van der Waals surface area contributed by atoms with Crippen LogP contribution in [0.1, 0.15) is 17.0 Å². The van der Waals surface area contributed by atoms with E-state index in [1.165, 1.54) is 47.0 Å². The minimum Gasteiger partial charge on any atom is -0.497 e. The SMILES string of the molecule is [C-]#[N+]c1cc(Cl)cc(Oc2c(C)ncn(Cc3cc(OC)c(=O)n(Cc4ccc(OC)cc4)n3)c2=O)c1. The first-order valence-corrected chi connectivity index (χ1v) is 11.4. The molecule has 0 N–H and O–H groups in total. The number of hydrogen-bond acceptors (Lipinski definition) is 7. The number of halogens is 1. The Kier molecular flexibility index (Phi) is 7.55. The van der Waals surface area contributed by atoms with E-state index < -0.39 is 11.1 Å². The molecule has 0 aliphatic heterocycles. The second-order valence-corrected chi connectivity index (χ2v) is 8.40. The van der Waals surface area contributed by atoms with Crippen LogP contribution in [0.15, 0.2) is 64.4 Å². The largest absolute Gasteiger partial charge is 0.497 e. The Morgan fingerprint density at radius 2 is 1.73 bits per heavy atom. The van der Waals surface area contributed by atoms with Gasteiger partial charge < -0.3 is 14.2 Å². The molecule has 0 aliphatic rings. The van der Waals surface area contributed by atoms with E-state index in [9.17, 15) is 9.59 Å². The molecule has 0 aliphatic carbocycles. The van der Waals surface area contributed by atoms with E-state index in [-0.39, 0.29) is 36.0 Å². The Labute approximate surface area is 217 Å². The summed E-state index contributed by atoms with van der Waals surface area (Å²) >= 11 is 6.07. The first-order valence-electron chi connectivity index (χ1n) is 11.0. The van der Waals surface area contributed by atoms with Crippen LogP contribution in [-0.4, -0.2) is 33.6 Å². The van der Waals surface area contributed by atoms with Gasteiger partial charge in [-0.3, -0.25) is 14.2 Å². The van der Waals surface area contributed by atoms with E-state index in [1.54, 1.807) is 26.2 Å². The number of rotatable bonds is 8. The third-order valence-corrected chi connectivity index (χ3v) is 5.63. The molecule has 0 bridgehead atoms. The van der Waals surface area contributed by atoms with Gasteiger partial charge in [0.2, 0.25) is 5.75 Å². The van der Waals surface area contributed by atoms with Crippen LogP contribution in [0.25, 0.3) is 4.85 Å². The summed E-state index contributed by atoms with van der Waals surface area (Å²) in [7, 11) is 2.97. The van der Waals surface area contributed by atoms with Crippen LogP contribution in [0.2, 0.25) is 5.02 Å². The molecule has 37 heavy (non-hydrogen) atoms. The highest BCUT2D eigenvalue weighted by molar-refractivity contribution is 6.31. The summed E-state index contributed by atoms with van der Waals surface area (Å²) in [6.07, 6.45) is 1.38. The lowest BCUT2D eigenvalue weighted by Gasteiger charge is -2.13. The zero-order valence-corrected chi connectivity index (χ0v) is 21.0. The molecular formula is C26H22ClN5O5. The van der Waals surface area contributed by atoms with Gasteiger partial charge >= 0.3 is 5.56 Å². The average Bonchev–Trinajstić information content (AvgIpc) is 2.90. The van der Waals surface area contributed by atoms with Crippen molar-refractivity contribution >= 4 is 17.3 Å². The molecule has 4 rings (SSSR count). The van der Waals surface area contributed by atoms with E-state index in [1.807, 2.05) is 12.1 Å². The van der Waals surface area contributed by atoms with Crippen molar-refractivity contribution in [3.63, 3.8) is 0 Å². The normalized spacial score (nSPS) is 10.6. The van der Waals surface area contributed by atoms with Crippen LogP contribution >= 0.6 is 11.6 Å². The van der Waals surface area contributed by atoms with Crippen LogP contribution in [0.5, 0.6) is 23.0 Å². The second-order valence-electron chi connectivity index (χ2n) is 7.97. The van der Waals surface area contributed by atoms with Crippen molar-refractivity contribution in [2.45, 2.75) is 20.0 Å². The Bertz CT molecular complexity index is 1610. The van der Waals surface area contributed by atoms with Gasteiger partial charge in [0.25, 0.3) is 5.56 Å². The molecule has 0 saturated heterocycles. The summed E-state index contributed by atoms with van der Waals surface area (Å²) in [6, 6.07) is 13.2. The molecule has 10 nitrogen and oxygen atoms in total. The molecular weight excluding hydrogens is 498 g/mol. The maximum atomic E-state index is 13.3. The van der Waals surface area contributed by atoms with Gasteiger partial charge in [0.05, 0.1) is 51.6 Å². The fraction of sp³-hybridized carbons (Fsp3) is 0.192. The second kappa shape index (κ2) is 11.0. The summed E-state index contributed by atoms with van der Waals surface area (Å²) in [5.74, 6) is 1.02. The summed E-state index contributed by atoms with van der Waals surface area (Å²) in [5, 5.41) is 4.75. The molecule has 2 aromatic carbocycles. The molecule has 0 fully saturated rings. The predicted octanol–water partition coefficient (Wildman–Crippen LogP) is 4.22. The minimum absolute atomic E-state index is 0.00454. The lowest BCUT2D eigenvalue weighted by atomic mass is 10.2. The summed E-state index contributed by atoms with van der Waals surface area (Å²) in [5.41, 5.74) is 1.00. The maximum Gasteiger partial charge on any atom is 0.309 e. The summed E-state index contributed by atoms with van der Waals surface area (Å²) in [6.45, 7) is 9.04. The highest BCUT2D eigenvalue weighted by Gasteiger charge is 2.15. The molecule has 2 heterocycles. The number of methoxy groups -OCH3 is 2. The Morgan fingerprint density at radius 1 is 0.973 bits per heavy atom. The van der Waals surface area contributed by atoms with Crippen LogP contribution in [0.4, 0.5) is 5.69 Å². The highest BCUT2D eigenvalue weighted by Crippen LogP contribution is 2.29. The zero-order valence-electron chi connectivity index (χ0n) is 20.3. The lowest BCUT2D eigenvalue weighted by Crippen LogP contribution is -2.28. The molecule has 188 valence electrons. The monoisotopic (exact) mass is 519 g/mol. The van der Waals surface area contributed by atoms with E-state index in [0.29, 0.717) is 22.2 Å². The molecule has 0 unspecified atom stereocenters. The van der Waals surface area contributed by atoms with Gasteiger partial charge in [-0.15, -0.1) is 0 Å². The maximum absolute atomic E-state index is 13.3. The number of benzene rings is 2. The Balaban J connectivity index is 1.67. The van der Waals surface area contributed by atoms with Gasteiger partial charge in [0.15, 0.2) is 11.4 Å². The highest BCUT2D eigenvalue weighted by atomic mass is 35.5. The molecule has 0 amide bonds. The number of nitrogens with zero attached hydrogens (tertiary/aromatic N) is 5. The van der Waals surface area contributed by atoms with Crippen molar-refractivity contribution in [2.75, 3.05) is 14.2 Å². The van der Waals surface area contributed by atoms with Crippen molar-refractivity contribution in [1.82, 2.24) is 19.3 Å². The van der Waals surface area contributed by atoms with Crippen LogP contribution in [-0.2, 0) is 13.1 Å². The zero-order chi connectivity index (χ0) is 26.5. The molecule has 4 aromatic rings. The van der Waals surface area contributed by atoms with Gasteiger partial charge in [-0.05, 0) is 42.8 Å². The summed E-state index contributed by atoms with van der Waals surface area (Å²) in [4.78, 5) is 33.7. The topological polar surface area (TPSA) is 102 Å². The van der Waals surface area contributed by atoms with Crippen LogP contribution < -0.4 is 25.3 Å². The number of ether oxygens (including phenoxy) is 3. The lowest BCUT2D eigenvalue weighted by molar-refractivity contribution is 0.395. The van der Waals surface area contributed by atoms with Crippen molar-refractivity contribution in [3.05, 3.63) is 109 Å². The first kappa shape index (κ1) is 25.5. The van der Waals surface area contributed by atoms with E-state index >= 15 is 0 Å². The standard InChI is InChI=1S/C26H22ClN5O5/c1-16-24(37-22-10-18(27)9-19(11-22)28-2)26(34)31(15-29-16)14-20-12-23(36-4)25(33)32(30-20)13-17-5-7-21(35-3)8-6-17/h5-12,15H,13-14H2,1,3-4H3. The molecule has 0 spiro atoms. The Morgan fingerprint density at radius 3 is 2.41 bits per heavy atom. The van der Waals surface area contributed by atoms with E-state index in [2.05, 4.69) is 14.9 Å². The molecule has 2 aromatic heterocycles. The quantitative estimate of drug-likeness (QED) is 0.321. The van der Waals surface area contributed by atoms with Gasteiger partial charge in [-0.1, -0.05) is 23.7 Å². The van der Waals surface area contributed by atoms with Crippen molar-refractivity contribution in [3.8, 4) is 23.0 Å². The van der Waals surface area contributed by atoms with Gasteiger partial charge in [0.1, 0.15) is 11.5 Å². The first-order chi connectivity index (χ1) is 17.8. The fourth-order valence-corrected chi connectivity index (χ4v) is 3.77. The predicted molar refractivity (Wildman–Crippen MR) is 137 cm³/mol. The molecule has 11 heteroatoms. The minimum atomic E-state index is -0.467. The molecule has 0 radical (unpaired) electrons.